The molecule has 0 aromatic rings. The lowest BCUT2D eigenvalue weighted by molar-refractivity contribution is -0.167. The van der Waals surface area contributed by atoms with E-state index < -0.39 is 6.10 Å². The quantitative estimate of drug-likeness (QED) is 0.0345. The molecule has 0 aliphatic heterocycles. The van der Waals surface area contributed by atoms with Gasteiger partial charge in [-0.15, -0.1) is 0 Å². The summed E-state index contributed by atoms with van der Waals surface area (Å²) in [5, 5.41) is 0. The van der Waals surface area contributed by atoms with Crippen LogP contribution in [0.3, 0.4) is 0 Å². The molecule has 0 unspecified atom stereocenters. The third-order valence-electron chi connectivity index (χ3n) is 12.2. The summed E-state index contributed by atoms with van der Waals surface area (Å²) in [6.07, 6.45) is 48.1. The molecule has 0 aliphatic rings. The molecule has 0 heterocycles. The smallest absolute Gasteiger partial charge is 0.306 e. The molecule has 0 spiro atoms. The molecule has 60 heavy (non-hydrogen) atoms. The van der Waals surface area contributed by atoms with Crippen molar-refractivity contribution < 1.29 is 28.6 Å². The Hall–Kier alpha value is -1.59. The Morgan fingerprint density at radius 1 is 0.317 bits per heavy atom. The second kappa shape index (κ2) is 46.9. The highest BCUT2D eigenvalue weighted by atomic mass is 16.6. The summed E-state index contributed by atoms with van der Waals surface area (Å²) in [6.45, 7) is 11.3. The van der Waals surface area contributed by atoms with Gasteiger partial charge in [-0.3, -0.25) is 14.4 Å². The Balaban J connectivity index is 4.27. The Labute approximate surface area is 374 Å². The molecule has 356 valence electrons. The van der Waals surface area contributed by atoms with E-state index in [1.54, 1.807) is 0 Å². The third kappa shape index (κ3) is 47.5. The van der Waals surface area contributed by atoms with Crippen LogP contribution in [0.5, 0.6) is 0 Å². The molecular formula is C54H104O6. The van der Waals surface area contributed by atoms with E-state index in [2.05, 4.69) is 34.6 Å². The SMILES string of the molecule is CCCCCCCCCCCCCCCCCCCC(=O)OC[C@H](COC(=O)CCCCCCCCCC(C)C)OC(=O)CCCCCCCCCCCCCCC(C)C. The van der Waals surface area contributed by atoms with Crippen LogP contribution in [0.15, 0.2) is 0 Å². The lowest BCUT2D eigenvalue weighted by Crippen LogP contribution is -2.30. The fourth-order valence-corrected chi connectivity index (χ4v) is 8.17. The van der Waals surface area contributed by atoms with Gasteiger partial charge in [0.1, 0.15) is 13.2 Å². The molecule has 0 aromatic heterocycles. The van der Waals surface area contributed by atoms with E-state index in [9.17, 15) is 14.4 Å². The largest absolute Gasteiger partial charge is 0.462 e. The molecule has 0 fully saturated rings. The summed E-state index contributed by atoms with van der Waals surface area (Å²) in [5.41, 5.74) is 0. The lowest BCUT2D eigenvalue weighted by atomic mass is 10.0. The zero-order chi connectivity index (χ0) is 44.0. The number of hydrogen-bond acceptors (Lipinski definition) is 6. The Morgan fingerprint density at radius 2 is 0.550 bits per heavy atom. The molecule has 0 rings (SSSR count). The zero-order valence-corrected chi connectivity index (χ0v) is 41.1. The number of carbonyl (C=O) groups excluding carboxylic acids is 3. The van der Waals surface area contributed by atoms with Crippen LogP contribution >= 0.6 is 0 Å². The van der Waals surface area contributed by atoms with Crippen molar-refractivity contribution in [3.63, 3.8) is 0 Å². The number of esters is 3. The van der Waals surface area contributed by atoms with Crippen molar-refractivity contribution in [2.24, 2.45) is 11.8 Å². The van der Waals surface area contributed by atoms with Crippen molar-refractivity contribution in [1.82, 2.24) is 0 Å². The first-order chi connectivity index (χ1) is 29.2. The summed E-state index contributed by atoms with van der Waals surface area (Å²) in [6, 6.07) is 0. The summed E-state index contributed by atoms with van der Waals surface area (Å²) in [5.74, 6) is 0.765. The number of hydrogen-bond donors (Lipinski definition) is 0. The summed E-state index contributed by atoms with van der Waals surface area (Å²) >= 11 is 0. The maximum absolute atomic E-state index is 12.8. The van der Waals surface area contributed by atoms with Gasteiger partial charge >= 0.3 is 17.9 Å². The van der Waals surface area contributed by atoms with E-state index in [0.29, 0.717) is 19.3 Å². The minimum atomic E-state index is -0.762. The van der Waals surface area contributed by atoms with Gasteiger partial charge in [-0.05, 0) is 31.1 Å². The number of ether oxygens (including phenoxy) is 3. The van der Waals surface area contributed by atoms with Gasteiger partial charge in [0.05, 0.1) is 0 Å². The monoisotopic (exact) mass is 849 g/mol. The Morgan fingerprint density at radius 3 is 0.817 bits per heavy atom. The Kier molecular flexibility index (Phi) is 45.7. The van der Waals surface area contributed by atoms with Gasteiger partial charge in [0.2, 0.25) is 0 Å². The summed E-state index contributed by atoms with van der Waals surface area (Å²) in [7, 11) is 0. The number of carbonyl (C=O) groups is 3. The van der Waals surface area contributed by atoms with Gasteiger partial charge < -0.3 is 14.2 Å². The van der Waals surface area contributed by atoms with Gasteiger partial charge in [0.15, 0.2) is 6.10 Å². The van der Waals surface area contributed by atoms with Crippen LogP contribution in [0, 0.1) is 11.8 Å². The minimum absolute atomic E-state index is 0.0639. The second-order valence-electron chi connectivity index (χ2n) is 19.5. The van der Waals surface area contributed by atoms with Gasteiger partial charge in [0.25, 0.3) is 0 Å². The van der Waals surface area contributed by atoms with Crippen molar-refractivity contribution in [2.45, 2.75) is 304 Å². The fraction of sp³-hybridized carbons (Fsp3) is 0.944. The van der Waals surface area contributed by atoms with Crippen LogP contribution in [0.1, 0.15) is 298 Å². The van der Waals surface area contributed by atoms with Crippen LogP contribution in [-0.4, -0.2) is 37.2 Å². The Bertz CT molecular complexity index is 916. The predicted octanol–water partition coefficient (Wildman–Crippen LogP) is 17.3. The maximum atomic E-state index is 12.8. The van der Waals surface area contributed by atoms with Crippen molar-refractivity contribution in [1.29, 1.82) is 0 Å². The average Bonchev–Trinajstić information content (AvgIpc) is 3.22. The van der Waals surface area contributed by atoms with Crippen LogP contribution in [0.4, 0.5) is 0 Å². The van der Waals surface area contributed by atoms with Crippen LogP contribution in [0.25, 0.3) is 0 Å². The summed E-state index contributed by atoms with van der Waals surface area (Å²) in [4.78, 5) is 37.9. The van der Waals surface area contributed by atoms with E-state index in [0.717, 1.165) is 69.6 Å². The third-order valence-corrected chi connectivity index (χ3v) is 12.2. The predicted molar refractivity (Wildman–Crippen MR) is 256 cm³/mol. The van der Waals surface area contributed by atoms with E-state index in [4.69, 9.17) is 14.2 Å². The molecular weight excluding hydrogens is 745 g/mol. The molecule has 0 amide bonds. The van der Waals surface area contributed by atoms with Crippen LogP contribution in [0.2, 0.25) is 0 Å². The van der Waals surface area contributed by atoms with E-state index in [1.165, 1.54) is 186 Å². The first-order valence-electron chi connectivity index (χ1n) is 26.7. The average molecular weight is 849 g/mol. The van der Waals surface area contributed by atoms with Crippen molar-refractivity contribution in [3.05, 3.63) is 0 Å². The highest BCUT2D eigenvalue weighted by molar-refractivity contribution is 5.71. The molecule has 0 aromatic carbocycles. The molecule has 6 nitrogen and oxygen atoms in total. The van der Waals surface area contributed by atoms with E-state index in [1.807, 2.05) is 0 Å². The van der Waals surface area contributed by atoms with Gasteiger partial charge in [-0.25, -0.2) is 0 Å². The van der Waals surface area contributed by atoms with Crippen molar-refractivity contribution in [3.8, 4) is 0 Å². The van der Waals surface area contributed by atoms with Gasteiger partial charge in [0, 0.05) is 19.3 Å². The second-order valence-corrected chi connectivity index (χ2v) is 19.5. The molecule has 6 heteroatoms. The lowest BCUT2D eigenvalue weighted by Gasteiger charge is -2.18. The van der Waals surface area contributed by atoms with E-state index >= 15 is 0 Å². The van der Waals surface area contributed by atoms with E-state index in [-0.39, 0.29) is 31.1 Å². The van der Waals surface area contributed by atoms with Gasteiger partial charge in [-0.2, -0.15) is 0 Å². The molecule has 0 saturated carbocycles. The summed E-state index contributed by atoms with van der Waals surface area (Å²) < 4.78 is 16.8. The first kappa shape index (κ1) is 58.4. The molecule has 0 N–H and O–H groups in total. The van der Waals surface area contributed by atoms with Gasteiger partial charge in [-0.1, -0.05) is 259 Å². The fourth-order valence-electron chi connectivity index (χ4n) is 8.17. The molecule has 0 bridgehead atoms. The standard InChI is InChI=1S/C54H104O6/c1-6-7-8-9-10-11-12-13-14-15-16-17-21-24-29-34-39-44-52(55)58-47-51(48-59-53(56)45-40-35-31-26-28-33-38-43-50(4)5)60-54(57)46-41-36-30-25-22-19-18-20-23-27-32-37-42-49(2)3/h49-51H,6-48H2,1-5H3/t51-/m1/s1. The number of rotatable bonds is 48. The highest BCUT2D eigenvalue weighted by Crippen LogP contribution is 2.17. The first-order valence-corrected chi connectivity index (χ1v) is 26.7. The van der Waals surface area contributed by atoms with Crippen LogP contribution < -0.4 is 0 Å². The number of unbranched alkanes of at least 4 members (excludes halogenated alkanes) is 33. The molecule has 0 radical (unpaired) electrons. The highest BCUT2D eigenvalue weighted by Gasteiger charge is 2.19. The topological polar surface area (TPSA) is 78.9 Å². The normalized spacial score (nSPS) is 12.1. The van der Waals surface area contributed by atoms with Crippen molar-refractivity contribution in [2.75, 3.05) is 13.2 Å². The molecule has 0 saturated heterocycles. The van der Waals surface area contributed by atoms with Crippen LogP contribution in [-0.2, 0) is 28.6 Å². The molecule has 0 aliphatic carbocycles. The zero-order valence-electron chi connectivity index (χ0n) is 41.1. The maximum Gasteiger partial charge on any atom is 0.306 e. The van der Waals surface area contributed by atoms with Crippen molar-refractivity contribution >= 4 is 17.9 Å². The molecule has 1 atom stereocenters. The minimum Gasteiger partial charge on any atom is -0.462 e.